The van der Waals surface area contributed by atoms with E-state index in [4.69, 9.17) is 0 Å². The van der Waals surface area contributed by atoms with Gasteiger partial charge in [0, 0.05) is 13.1 Å². The van der Waals surface area contributed by atoms with E-state index in [0.29, 0.717) is 0 Å². The Bertz CT molecular complexity index is 121. The standard InChI is InChI=1S/C14H32N2.2C2H6/c1-5-7-9-11-15(3)13-14-16(4)12-10-8-6-2;2*1-2/h5-14H2,1-4H3;2*1-2H3. The molecule has 0 unspecified atom stereocenters. The van der Waals surface area contributed by atoms with Gasteiger partial charge in [0.25, 0.3) is 0 Å². The van der Waals surface area contributed by atoms with Crippen LogP contribution in [0.3, 0.4) is 0 Å². The van der Waals surface area contributed by atoms with Crippen molar-refractivity contribution in [3.63, 3.8) is 0 Å². The molecule has 0 rings (SSSR count). The van der Waals surface area contributed by atoms with Crippen molar-refractivity contribution in [1.29, 1.82) is 0 Å². The fraction of sp³-hybridized carbons (Fsp3) is 1.00. The zero-order valence-electron chi connectivity index (χ0n) is 16.0. The van der Waals surface area contributed by atoms with Crippen LogP contribution >= 0.6 is 0 Å². The van der Waals surface area contributed by atoms with Crippen molar-refractivity contribution in [1.82, 2.24) is 9.80 Å². The molecule has 126 valence electrons. The van der Waals surface area contributed by atoms with Crippen LogP contribution in [0, 0.1) is 0 Å². The van der Waals surface area contributed by atoms with Gasteiger partial charge >= 0.3 is 0 Å². The molecule has 0 heterocycles. The van der Waals surface area contributed by atoms with E-state index in [2.05, 4.69) is 37.7 Å². The fourth-order valence-corrected chi connectivity index (χ4v) is 1.83. The van der Waals surface area contributed by atoms with Gasteiger partial charge in [0.05, 0.1) is 0 Å². The quantitative estimate of drug-likeness (QED) is 0.477. The van der Waals surface area contributed by atoms with Crippen LogP contribution < -0.4 is 0 Å². The summed E-state index contributed by atoms with van der Waals surface area (Å²) >= 11 is 0. The summed E-state index contributed by atoms with van der Waals surface area (Å²) in [6, 6.07) is 0. The van der Waals surface area contributed by atoms with E-state index in [1.54, 1.807) is 0 Å². The van der Waals surface area contributed by atoms with Crippen molar-refractivity contribution >= 4 is 0 Å². The molecule has 2 nitrogen and oxygen atoms in total. The third kappa shape index (κ3) is 23.0. The molecule has 0 fully saturated rings. The second kappa shape index (κ2) is 24.0. The number of hydrogen-bond donors (Lipinski definition) is 0. The van der Waals surface area contributed by atoms with E-state index in [-0.39, 0.29) is 0 Å². The van der Waals surface area contributed by atoms with Gasteiger partial charge in [-0.1, -0.05) is 67.2 Å². The summed E-state index contributed by atoms with van der Waals surface area (Å²) in [7, 11) is 4.49. The molecule has 0 amide bonds. The van der Waals surface area contributed by atoms with Gasteiger partial charge < -0.3 is 9.80 Å². The molecule has 0 aromatic heterocycles. The van der Waals surface area contributed by atoms with Gasteiger partial charge in [-0.2, -0.15) is 0 Å². The summed E-state index contributed by atoms with van der Waals surface area (Å²) < 4.78 is 0. The second-order valence-electron chi connectivity index (χ2n) is 5.02. The number of hydrogen-bond acceptors (Lipinski definition) is 2. The van der Waals surface area contributed by atoms with Gasteiger partial charge in [0.2, 0.25) is 0 Å². The van der Waals surface area contributed by atoms with Crippen LogP contribution in [-0.4, -0.2) is 50.1 Å². The molecule has 0 aromatic rings. The van der Waals surface area contributed by atoms with Crippen molar-refractivity contribution in [3.05, 3.63) is 0 Å². The van der Waals surface area contributed by atoms with E-state index in [1.807, 2.05) is 27.7 Å². The summed E-state index contributed by atoms with van der Waals surface area (Å²) in [6.45, 7) is 17.5. The van der Waals surface area contributed by atoms with Gasteiger partial charge in [0.15, 0.2) is 0 Å². The lowest BCUT2D eigenvalue weighted by atomic mass is 10.2. The molecule has 0 spiro atoms. The molecular weight excluding hydrogens is 244 g/mol. The molecule has 2 heteroatoms. The Morgan fingerprint density at radius 1 is 0.500 bits per heavy atom. The van der Waals surface area contributed by atoms with Crippen molar-refractivity contribution in [2.45, 2.75) is 80.1 Å². The predicted molar refractivity (Wildman–Crippen MR) is 96.7 cm³/mol. The number of unbranched alkanes of at least 4 members (excludes halogenated alkanes) is 4. The van der Waals surface area contributed by atoms with E-state index >= 15 is 0 Å². The van der Waals surface area contributed by atoms with Crippen molar-refractivity contribution in [3.8, 4) is 0 Å². The van der Waals surface area contributed by atoms with E-state index in [1.165, 1.54) is 64.7 Å². The van der Waals surface area contributed by atoms with Crippen LogP contribution in [0.1, 0.15) is 80.1 Å². The largest absolute Gasteiger partial charge is 0.305 e. The first-order chi connectivity index (χ1) is 9.70. The predicted octanol–water partition coefficient (Wildman–Crippen LogP) is 5.28. The maximum Gasteiger partial charge on any atom is 0.0106 e. The molecule has 0 aromatic carbocycles. The third-order valence-corrected chi connectivity index (χ3v) is 3.15. The molecular formula is C18H44N2. The average molecular weight is 289 g/mol. The van der Waals surface area contributed by atoms with Crippen LogP contribution in [0.5, 0.6) is 0 Å². The zero-order chi connectivity index (χ0) is 16.2. The van der Waals surface area contributed by atoms with Gasteiger partial charge in [-0.3, -0.25) is 0 Å². The molecule has 0 radical (unpaired) electrons. The van der Waals surface area contributed by atoms with Gasteiger partial charge in [-0.15, -0.1) is 0 Å². The second-order valence-corrected chi connectivity index (χ2v) is 5.02. The normalized spacial score (nSPS) is 9.90. The summed E-state index contributed by atoms with van der Waals surface area (Å²) in [4.78, 5) is 4.93. The Kier molecular flexibility index (Phi) is 29.9. The molecule has 0 saturated heterocycles. The van der Waals surface area contributed by atoms with Crippen LogP contribution in [0.25, 0.3) is 0 Å². The van der Waals surface area contributed by atoms with Gasteiger partial charge in [0.1, 0.15) is 0 Å². The molecule has 0 aliphatic heterocycles. The van der Waals surface area contributed by atoms with Crippen LogP contribution in [0.15, 0.2) is 0 Å². The summed E-state index contributed by atoms with van der Waals surface area (Å²) in [5.74, 6) is 0. The Balaban J connectivity index is -0.000000656. The summed E-state index contributed by atoms with van der Waals surface area (Å²) in [5.41, 5.74) is 0. The van der Waals surface area contributed by atoms with E-state index in [9.17, 15) is 0 Å². The average Bonchev–Trinajstić information content (AvgIpc) is 2.50. The first kappa shape index (κ1) is 24.9. The van der Waals surface area contributed by atoms with Gasteiger partial charge in [-0.25, -0.2) is 0 Å². The Morgan fingerprint density at radius 3 is 1.05 bits per heavy atom. The van der Waals surface area contributed by atoms with E-state index < -0.39 is 0 Å². The third-order valence-electron chi connectivity index (χ3n) is 3.15. The number of rotatable bonds is 11. The highest BCUT2D eigenvalue weighted by Crippen LogP contribution is 1.98. The minimum absolute atomic E-state index is 1.21. The topological polar surface area (TPSA) is 6.48 Å². The SMILES string of the molecule is CC.CC.CCCCCN(C)CCN(C)CCCCC. The Morgan fingerprint density at radius 2 is 0.800 bits per heavy atom. The maximum atomic E-state index is 2.46. The molecule has 0 bridgehead atoms. The zero-order valence-corrected chi connectivity index (χ0v) is 16.0. The van der Waals surface area contributed by atoms with Crippen molar-refractivity contribution < 1.29 is 0 Å². The minimum atomic E-state index is 1.21. The summed E-state index contributed by atoms with van der Waals surface area (Å²) in [5, 5.41) is 0. The highest BCUT2D eigenvalue weighted by atomic mass is 15.2. The Labute approximate surface area is 130 Å². The molecule has 20 heavy (non-hydrogen) atoms. The van der Waals surface area contributed by atoms with E-state index in [0.717, 1.165) is 0 Å². The highest BCUT2D eigenvalue weighted by Gasteiger charge is 2.01. The Hall–Kier alpha value is -0.0800. The van der Waals surface area contributed by atoms with Crippen LogP contribution in [-0.2, 0) is 0 Å². The molecule has 0 saturated carbocycles. The fourth-order valence-electron chi connectivity index (χ4n) is 1.83. The maximum absolute atomic E-state index is 2.46. The lowest BCUT2D eigenvalue weighted by Crippen LogP contribution is -2.31. The van der Waals surface area contributed by atoms with Crippen LogP contribution in [0.2, 0.25) is 0 Å². The van der Waals surface area contributed by atoms with Gasteiger partial charge in [-0.05, 0) is 40.0 Å². The molecule has 0 aliphatic carbocycles. The lowest BCUT2D eigenvalue weighted by molar-refractivity contribution is 0.250. The monoisotopic (exact) mass is 288 g/mol. The summed E-state index contributed by atoms with van der Waals surface area (Å²) in [6.07, 6.45) is 8.10. The van der Waals surface area contributed by atoms with Crippen molar-refractivity contribution in [2.24, 2.45) is 0 Å². The number of likely N-dealkylation sites (N-methyl/N-ethyl adjacent to an activating group) is 2. The van der Waals surface area contributed by atoms with Crippen LogP contribution in [0.4, 0.5) is 0 Å². The molecule has 0 N–H and O–H groups in total. The first-order valence-corrected chi connectivity index (χ1v) is 9.07. The molecule has 0 atom stereocenters. The smallest absolute Gasteiger partial charge is 0.0106 e. The first-order valence-electron chi connectivity index (χ1n) is 9.07. The number of nitrogens with zero attached hydrogens (tertiary/aromatic N) is 2. The van der Waals surface area contributed by atoms with Crippen molar-refractivity contribution in [2.75, 3.05) is 40.3 Å². The molecule has 0 aliphatic rings. The highest BCUT2D eigenvalue weighted by molar-refractivity contribution is 4.57. The minimum Gasteiger partial charge on any atom is -0.305 e. The lowest BCUT2D eigenvalue weighted by Gasteiger charge is -2.21.